The van der Waals surface area contributed by atoms with E-state index in [1.807, 2.05) is 0 Å². The van der Waals surface area contributed by atoms with E-state index in [2.05, 4.69) is 26.6 Å². The van der Waals surface area contributed by atoms with Crippen molar-refractivity contribution >= 4 is 65.2 Å². The second kappa shape index (κ2) is 26.6. The largest absolute Gasteiger partial charge is 0.444 e. The van der Waals surface area contributed by atoms with Crippen LogP contribution in [0, 0.1) is 11.8 Å². The predicted octanol–water partition coefficient (Wildman–Crippen LogP) is -1.75. The van der Waals surface area contributed by atoms with Crippen molar-refractivity contribution in [3.8, 4) is 0 Å². The van der Waals surface area contributed by atoms with Gasteiger partial charge in [0.15, 0.2) is 0 Å². The Bertz CT molecular complexity index is 2010. The first kappa shape index (κ1) is 58.5. The number of nitrogens with one attached hydrogen (secondary N) is 5. The Morgan fingerprint density at radius 3 is 1.57 bits per heavy atom. The normalized spacial score (nSPS) is 27.2. The molecule has 7 N–H and O–H groups in total. The summed E-state index contributed by atoms with van der Waals surface area (Å²) in [7, 11) is 5.60. The summed E-state index contributed by atoms with van der Waals surface area (Å²) < 4.78 is 5.48. The topological polar surface area (TPSA) is 303 Å². The number of nitrogens with two attached hydrogens (primary N) is 1. The Labute approximate surface area is 422 Å². The van der Waals surface area contributed by atoms with Crippen LogP contribution < -0.4 is 32.3 Å². The molecule has 3 saturated heterocycles. The Kier molecular flexibility index (Phi) is 21.6. The number of nitrogens with zero attached hydrogens (tertiary/aromatic N) is 6. The summed E-state index contributed by atoms with van der Waals surface area (Å²) in [5, 5.41) is 13.2. The summed E-state index contributed by atoms with van der Waals surface area (Å²) in [5.41, 5.74) is 5.35. The number of carbonyl (C=O) groups is 11. The van der Waals surface area contributed by atoms with Crippen LogP contribution in [0.5, 0.6) is 0 Å². The molecule has 24 heteroatoms. The molecule has 0 spiro atoms. The maximum atomic E-state index is 14.5. The van der Waals surface area contributed by atoms with E-state index in [1.165, 1.54) is 47.8 Å². The monoisotopic (exact) mass is 1020 g/mol. The standard InChI is InChI=1S/C48H80N12O12/c1-29(2)39-43(67)50-23-31(49)45(69)59-21-15-13-19-33(59)41(65)52-25-36(62)56(7)28-38(64)58(9)40(30-17-11-10-12-18-30)44(68)51-24-32(54-47(71)72-48(3,4)5)46(70)60-22-16-14-20-34(60)42(66)53-26-35(61)55(6)27-37(63)57(39)8/h29-34,39-40H,10-28,49H2,1-9H3,(H,50,67)(H,51,68)(H,52,65)(H,53,66)(H,54,71)/t31-,32-,33+,34+,39+,40+/m1/s1. The van der Waals surface area contributed by atoms with Crippen LogP contribution in [-0.2, 0) is 52.7 Å². The van der Waals surface area contributed by atoms with Gasteiger partial charge in [-0.2, -0.15) is 0 Å². The molecule has 6 atom stereocenters. The van der Waals surface area contributed by atoms with Crippen LogP contribution in [0.25, 0.3) is 0 Å². The molecule has 0 aromatic rings. The molecule has 3 aliphatic heterocycles. The lowest BCUT2D eigenvalue weighted by molar-refractivity contribution is -0.146. The molecule has 0 aromatic carbocycles. The highest BCUT2D eigenvalue weighted by molar-refractivity contribution is 5.96. The van der Waals surface area contributed by atoms with Gasteiger partial charge in [0.25, 0.3) is 0 Å². The maximum Gasteiger partial charge on any atom is 0.408 e. The molecule has 1 aliphatic carbocycles. The molecule has 404 valence electrons. The predicted molar refractivity (Wildman–Crippen MR) is 262 cm³/mol. The van der Waals surface area contributed by atoms with Crippen molar-refractivity contribution < 1.29 is 57.5 Å². The van der Waals surface area contributed by atoms with E-state index in [9.17, 15) is 52.7 Å². The zero-order chi connectivity index (χ0) is 53.6. The van der Waals surface area contributed by atoms with Crippen LogP contribution >= 0.6 is 0 Å². The van der Waals surface area contributed by atoms with Crippen molar-refractivity contribution in [2.24, 2.45) is 17.6 Å². The van der Waals surface area contributed by atoms with Gasteiger partial charge in [0.05, 0.1) is 26.2 Å². The van der Waals surface area contributed by atoms with Gasteiger partial charge >= 0.3 is 6.09 Å². The number of hydrogen-bond donors (Lipinski definition) is 6. The van der Waals surface area contributed by atoms with Gasteiger partial charge in [0.1, 0.15) is 41.9 Å². The number of likely N-dealkylation sites (N-methyl/N-ethyl adjacent to an activating group) is 4. The van der Waals surface area contributed by atoms with Crippen LogP contribution in [-0.4, -0.2) is 217 Å². The minimum absolute atomic E-state index is 0.107. The fourth-order valence-electron chi connectivity index (χ4n) is 9.74. The summed E-state index contributed by atoms with van der Waals surface area (Å²) >= 11 is 0. The van der Waals surface area contributed by atoms with Crippen molar-refractivity contribution in [3.05, 3.63) is 0 Å². The van der Waals surface area contributed by atoms with Crippen molar-refractivity contribution in [2.75, 3.05) is 80.5 Å². The Balaban J connectivity index is 1.66. The summed E-state index contributed by atoms with van der Waals surface area (Å²) in [6.45, 7) is 5.89. The zero-order valence-corrected chi connectivity index (χ0v) is 43.7. The van der Waals surface area contributed by atoms with Crippen molar-refractivity contribution in [3.63, 3.8) is 0 Å². The van der Waals surface area contributed by atoms with Crippen LogP contribution in [0.4, 0.5) is 4.79 Å². The first-order chi connectivity index (χ1) is 33.8. The highest BCUT2D eigenvalue weighted by atomic mass is 16.6. The first-order valence-electron chi connectivity index (χ1n) is 25.3. The Morgan fingerprint density at radius 1 is 0.597 bits per heavy atom. The molecule has 0 bridgehead atoms. The van der Waals surface area contributed by atoms with E-state index in [1.54, 1.807) is 34.6 Å². The van der Waals surface area contributed by atoms with Gasteiger partial charge in [-0.15, -0.1) is 0 Å². The third-order valence-electron chi connectivity index (χ3n) is 13.8. The fourth-order valence-corrected chi connectivity index (χ4v) is 9.74. The van der Waals surface area contributed by atoms with Crippen molar-refractivity contribution in [2.45, 2.75) is 147 Å². The molecule has 4 aliphatic rings. The minimum atomic E-state index is -1.44. The van der Waals surface area contributed by atoms with Gasteiger partial charge in [-0.05, 0) is 84.0 Å². The van der Waals surface area contributed by atoms with E-state index in [4.69, 9.17) is 10.5 Å². The molecular weight excluding hydrogens is 937 g/mol. The average molecular weight is 1020 g/mol. The number of ether oxygens (including phenoxy) is 1. The number of piperidine rings is 2. The number of fused-ring (bicyclic) bond motifs is 2. The Hall–Kier alpha value is -6.07. The summed E-state index contributed by atoms with van der Waals surface area (Å²) in [6, 6.07) is -6.86. The van der Waals surface area contributed by atoms with E-state index in [-0.39, 0.29) is 38.4 Å². The van der Waals surface area contributed by atoms with Gasteiger partial charge in [-0.3, -0.25) is 47.9 Å². The highest BCUT2D eigenvalue weighted by Gasteiger charge is 2.41. The summed E-state index contributed by atoms with van der Waals surface area (Å²) in [4.78, 5) is 159. The molecule has 0 unspecified atom stereocenters. The quantitative estimate of drug-likeness (QED) is 0.183. The second-order valence-corrected chi connectivity index (χ2v) is 20.9. The molecule has 0 aromatic heterocycles. The smallest absolute Gasteiger partial charge is 0.408 e. The van der Waals surface area contributed by atoms with Crippen LogP contribution in [0.15, 0.2) is 0 Å². The number of alkyl carbamates (subject to hydrolysis) is 1. The van der Waals surface area contributed by atoms with Gasteiger partial charge in [0, 0.05) is 54.4 Å². The number of carbonyl (C=O) groups excluding carboxylic acids is 11. The third kappa shape index (κ3) is 16.2. The van der Waals surface area contributed by atoms with Crippen LogP contribution in [0.2, 0.25) is 0 Å². The fraction of sp³-hybridized carbons (Fsp3) is 0.771. The first-order valence-corrected chi connectivity index (χ1v) is 25.3. The molecule has 1 saturated carbocycles. The van der Waals surface area contributed by atoms with Crippen molar-refractivity contribution in [1.82, 2.24) is 56.0 Å². The minimum Gasteiger partial charge on any atom is -0.444 e. The third-order valence-corrected chi connectivity index (χ3v) is 13.8. The lowest BCUT2D eigenvalue weighted by Gasteiger charge is -2.38. The van der Waals surface area contributed by atoms with Gasteiger partial charge in [0.2, 0.25) is 59.1 Å². The molecule has 4 fully saturated rings. The molecule has 0 radical (unpaired) electrons. The summed E-state index contributed by atoms with van der Waals surface area (Å²) in [6.07, 6.45) is 5.57. The number of hydrogen-bond acceptors (Lipinski definition) is 13. The molecule has 24 nitrogen and oxygen atoms in total. The van der Waals surface area contributed by atoms with Gasteiger partial charge < -0.3 is 66.5 Å². The van der Waals surface area contributed by atoms with Gasteiger partial charge in [-0.1, -0.05) is 33.1 Å². The molecular formula is C48H80N12O12. The van der Waals surface area contributed by atoms with E-state index in [0.717, 1.165) is 29.1 Å². The SMILES string of the molecule is CC(C)[C@H]1C(=O)NC[C@@H](N)C(=O)N2CCCC[C@H]2C(=O)NCC(=O)N(C)CC(=O)N(C)[C@@H](C2CCCCC2)C(=O)NC[C@@H](NC(=O)OC(C)(C)C)C(=O)N2CCCC[C@H]2C(=O)NCC(=O)N(C)CC(=O)N1C. The maximum absolute atomic E-state index is 14.5. The van der Waals surface area contributed by atoms with E-state index in [0.29, 0.717) is 38.5 Å². The number of amides is 11. The molecule has 11 amide bonds. The highest BCUT2D eigenvalue weighted by Crippen LogP contribution is 2.29. The molecule has 3 heterocycles. The second-order valence-electron chi connectivity index (χ2n) is 20.9. The Morgan fingerprint density at radius 2 is 1.07 bits per heavy atom. The lowest BCUT2D eigenvalue weighted by atomic mass is 9.82. The van der Waals surface area contributed by atoms with E-state index < -0.39 is 146 Å². The lowest BCUT2D eigenvalue weighted by Crippen LogP contribution is -2.61. The molecule has 72 heavy (non-hydrogen) atoms. The number of rotatable bonds is 3. The average Bonchev–Trinajstić information content (AvgIpc) is 3.33. The summed E-state index contributed by atoms with van der Waals surface area (Å²) in [5.74, 6) is -6.97. The van der Waals surface area contributed by atoms with Crippen molar-refractivity contribution in [1.29, 1.82) is 0 Å². The van der Waals surface area contributed by atoms with Crippen LogP contribution in [0.1, 0.15) is 105 Å². The van der Waals surface area contributed by atoms with Crippen LogP contribution in [0.3, 0.4) is 0 Å². The molecule has 4 rings (SSSR count). The van der Waals surface area contributed by atoms with E-state index >= 15 is 0 Å². The zero-order valence-electron chi connectivity index (χ0n) is 43.7. The van der Waals surface area contributed by atoms with Gasteiger partial charge in [-0.25, -0.2) is 4.79 Å².